The van der Waals surface area contributed by atoms with Gasteiger partial charge in [-0.15, -0.1) is 0 Å². The van der Waals surface area contributed by atoms with Gasteiger partial charge in [0.25, 0.3) is 0 Å². The topological polar surface area (TPSA) is 156 Å². The molecule has 5 N–H and O–H groups in total. The normalized spacial score (nSPS) is 28.7. The summed E-state index contributed by atoms with van der Waals surface area (Å²) < 4.78 is 382. The van der Waals surface area contributed by atoms with Gasteiger partial charge in [0.05, 0.1) is 31.0 Å². The van der Waals surface area contributed by atoms with Crippen molar-refractivity contribution in [2.45, 2.75) is 116 Å². The van der Waals surface area contributed by atoms with Crippen LogP contribution in [0.2, 0.25) is 0 Å². The van der Waals surface area contributed by atoms with E-state index in [0.717, 1.165) is 33.4 Å². The molecule has 1 unspecified atom stereocenters. The fourth-order valence-corrected chi connectivity index (χ4v) is 8.62. The first-order chi connectivity index (χ1) is 65.1. The van der Waals surface area contributed by atoms with Crippen molar-refractivity contribution >= 4 is 11.8 Å². The summed E-state index contributed by atoms with van der Waals surface area (Å²) in [5.74, 6) is 0.226. The van der Waals surface area contributed by atoms with Crippen molar-refractivity contribution in [2.75, 3.05) is 13.1 Å². The van der Waals surface area contributed by atoms with Crippen LogP contribution in [-0.2, 0) is 49.7 Å². The summed E-state index contributed by atoms with van der Waals surface area (Å²) in [5.41, 5.74) is 7.36. The second-order valence-electron chi connectivity index (χ2n) is 17.7. The number of aliphatic hydroxyl groups excluding tert-OH is 3. The van der Waals surface area contributed by atoms with Crippen molar-refractivity contribution in [3.05, 3.63) is 149 Å². The molecule has 2 aliphatic rings. The second kappa shape index (κ2) is 24.0. The van der Waals surface area contributed by atoms with Gasteiger partial charge in [0, 0.05) is 131 Å². The van der Waals surface area contributed by atoms with Crippen LogP contribution in [-0.4, -0.2) is 89.2 Å². The minimum atomic E-state index is -1.44. The third-order valence-corrected chi connectivity index (χ3v) is 12.7. The summed E-state index contributed by atoms with van der Waals surface area (Å²) in [6, 6.07) is 34.5. The molecule has 424 valence electrons. The molecule has 10 atom stereocenters. The molecule has 5 aromatic carbocycles. The van der Waals surface area contributed by atoms with Gasteiger partial charge < -0.3 is 44.9 Å². The smallest absolute Gasteiger partial charge is 0.229 e. The zero-order chi connectivity index (χ0) is 114. The average molecular weight is 1120 g/mol. The number of carbonyl (C=O) groups is 2. The summed E-state index contributed by atoms with van der Waals surface area (Å²) in [6.45, 7) is 12.7. The zero-order valence-electron chi connectivity index (χ0n) is 105. The van der Waals surface area contributed by atoms with Crippen LogP contribution in [0.25, 0.3) is 22.3 Å². The van der Waals surface area contributed by atoms with Gasteiger partial charge in [0.1, 0.15) is 35.7 Å². The first-order valence-electron chi connectivity index (χ1n) is 56.0. The van der Waals surface area contributed by atoms with Crippen LogP contribution in [0.5, 0.6) is 5.75 Å². The number of rotatable bonds is 15. The number of benzene rings is 5. The van der Waals surface area contributed by atoms with Crippen molar-refractivity contribution in [3.63, 3.8) is 0 Å². The highest BCUT2D eigenvalue weighted by Crippen LogP contribution is 2.36. The molecule has 0 aromatic heterocycles. The van der Waals surface area contributed by atoms with Gasteiger partial charge in [0.2, 0.25) is 18.1 Å². The van der Waals surface area contributed by atoms with Crippen molar-refractivity contribution in [3.8, 4) is 28.0 Å². The molecule has 0 aliphatic carbocycles. The fourth-order valence-electron chi connectivity index (χ4n) is 8.62. The van der Waals surface area contributed by atoms with Gasteiger partial charge in [-0.25, -0.2) is 8.78 Å². The SMILES string of the molecule is CC(=O)NCCc1ccc(C[C@@H]2O[C@@H](C)[C@H](C)[C@@H](C)C2OCc2ccccc2)cc1-c1cccc(F)c1.CC(=O)NCCc1ccc(O[C@@H]2O[C@@H](C)[C@H](O)[C@@H](O)[C@H]2O)cc1-c1cccc(F)c1.[3H][3H].[3H][3H].[3H][3H].[3H][3H].[3H][3H].[3H][3H].[3H][3H].[3H][3H].[3H][3H].[3H][3H].[3H][3H].[3H][3H].[3H][3H].[3H][3H].[3H][3H].[3H][3H].[3H][3H].[3H][3H].[3H][3H].[3H][3H].[3H][3H].[3H][3H].[3H][3H].[3H][3H].[3H][3H].[3H][3H].[3H][3H].[3H][3H].[3H][3H].[3H][3H].[3H][3H].[3H][3H].[3H][3H]. The number of halogens is 2. The van der Waals surface area contributed by atoms with Gasteiger partial charge in [-0.1, -0.05) is 92.7 Å². The lowest BCUT2D eigenvalue weighted by Gasteiger charge is -2.44. The minimum absolute atomic E-state index is 0.0385. The molecular formula is C54H130F2N2O9. The molecule has 0 saturated carbocycles. The molecule has 13 heteroatoms. The maximum atomic E-state index is 14.1. The maximum absolute atomic E-state index is 14.1. The Kier molecular flexibility index (Phi) is 8.12. The van der Waals surface area contributed by atoms with E-state index in [0.29, 0.717) is 67.7 Å². The molecule has 0 spiro atoms. The Balaban J connectivity index is -0.0000000395. The van der Waals surface area contributed by atoms with Crippen LogP contribution in [0.3, 0.4) is 0 Å². The molecule has 2 fully saturated rings. The predicted octanol–water partition coefficient (Wildman–Crippen LogP) is 15.9. The van der Waals surface area contributed by atoms with Crippen molar-refractivity contribution in [1.82, 2.24) is 10.6 Å². The summed E-state index contributed by atoms with van der Waals surface area (Å²) >= 11 is 0. The number of ether oxygens (including phenoxy) is 4. The molecule has 0 radical (unpaired) electrons. The number of nitrogens with one attached hydrogen (secondary N) is 2. The molecular weight excluding hydrogens is 859 g/mol. The summed E-state index contributed by atoms with van der Waals surface area (Å²) in [5, 5.41) is 35.6. The molecule has 2 saturated heterocycles. The quantitative estimate of drug-likeness (QED) is 0.0689. The lowest BCUT2D eigenvalue weighted by Crippen LogP contribution is -2.58. The van der Waals surface area contributed by atoms with Crippen LogP contribution < -0.4 is 15.4 Å². The highest BCUT2D eigenvalue weighted by Gasteiger charge is 2.43. The highest BCUT2D eigenvalue weighted by atomic mass is 19.1. The summed E-state index contributed by atoms with van der Waals surface area (Å²) in [7, 11) is 0. The van der Waals surface area contributed by atoms with E-state index in [4.69, 9.17) is 117 Å². The molecule has 5 aromatic rings. The van der Waals surface area contributed by atoms with Gasteiger partial charge in [-0.3, -0.25) is 9.59 Å². The Hall–Kier alpha value is -5.54. The Morgan fingerprint density at radius 1 is 0.642 bits per heavy atom. The lowest BCUT2D eigenvalue weighted by atomic mass is 9.80. The minimum Gasteiger partial charge on any atom is -0.462 e. The number of carbonyl (C=O) groups excluding carboxylic acids is 2. The summed E-state index contributed by atoms with van der Waals surface area (Å²) in [6.07, 6.45) is -4.07. The molecule has 67 heavy (non-hydrogen) atoms. The van der Waals surface area contributed by atoms with E-state index < -0.39 is 30.7 Å². The average Bonchev–Trinajstić information content (AvgIpc) is 0.803. The number of amides is 2. The number of hydrogen-bond donors (Lipinski definition) is 5. The maximum Gasteiger partial charge on any atom is 0.229 e. The molecule has 7 rings (SSSR count). The first-order valence-corrected chi connectivity index (χ1v) is 23.0. The van der Waals surface area contributed by atoms with Crippen LogP contribution >= 0.6 is 0 Å². The third kappa shape index (κ3) is 14.0. The van der Waals surface area contributed by atoms with E-state index in [1.165, 1.54) is 32.0 Å². The number of aliphatic hydroxyl groups is 3. The predicted molar refractivity (Wildman–Crippen MR) is 323 cm³/mol. The second-order valence-corrected chi connectivity index (χ2v) is 17.7. The van der Waals surface area contributed by atoms with Crippen LogP contribution in [0.1, 0.15) is 162 Å². The highest BCUT2D eigenvalue weighted by molar-refractivity contribution is 5.74. The Morgan fingerprint density at radius 2 is 1.22 bits per heavy atom. The zero-order valence-corrected chi connectivity index (χ0v) is 39.0. The standard InChI is InChI=1S/C32H38FNO3.C22H26FNO6.33H2/c1-21-22(2)32(36-20-25-9-6-5-7-10-25)31(37-23(21)3)18-26-13-14-27(15-16-34-24(4)35)30(17-26)28-11-8-12-29(33)19-28;1-12-19(26)20(27)21(28)22(29-12)30-17-7-6-14(8-9-24-13(2)25)18(11-17)15-4-3-5-16(23)10-15;;;;;;;;;;;;;;;;;;;;;;;;;;;;;;;;;/h5-14,17,19,21-23,31-32H,15-16,18,20H2,1-4H3,(H,34,35);3-7,10-12,19-22,26-28H,8-9H2,1-2H3,(H,24,25);33*1H/t21-,22-,23+,31+,32?;12-,19-,20+,21+,22-;;;;;;;;;;;;;;;;;;;;;;;;;;;;;;;;;/m10................................./s1/i;;33*1+2T. The Morgan fingerprint density at radius 3 is 1.81 bits per heavy atom. The van der Waals surface area contributed by atoms with Crippen LogP contribution in [0, 0.1) is 23.5 Å². The van der Waals surface area contributed by atoms with Gasteiger partial charge >= 0.3 is 0 Å². The van der Waals surface area contributed by atoms with Gasteiger partial charge in [-0.2, -0.15) is 0 Å². The molecule has 2 amide bonds. The number of hydrogen-bond acceptors (Lipinski definition) is 9. The van der Waals surface area contributed by atoms with E-state index in [-0.39, 0.29) is 41.8 Å². The lowest BCUT2D eigenvalue weighted by molar-refractivity contribution is -0.268. The molecule has 0 bridgehead atoms. The van der Waals surface area contributed by atoms with E-state index >= 15 is 0 Å². The van der Waals surface area contributed by atoms with E-state index in [2.05, 4.69) is 61.7 Å². The van der Waals surface area contributed by atoms with Crippen molar-refractivity contribution in [1.29, 1.82) is 0 Å². The molecule has 11 nitrogen and oxygen atoms in total. The van der Waals surface area contributed by atoms with Crippen molar-refractivity contribution in [2.24, 2.45) is 11.8 Å². The van der Waals surface area contributed by atoms with E-state index in [1.54, 1.807) is 49.4 Å². The first kappa shape index (κ1) is 22.7. The molecule has 2 aliphatic heterocycles. The van der Waals surface area contributed by atoms with Crippen molar-refractivity contribution < 1.29 is 151 Å². The van der Waals surface area contributed by atoms with Crippen LogP contribution in [0.4, 0.5) is 8.78 Å². The third-order valence-electron chi connectivity index (χ3n) is 12.7. The van der Waals surface area contributed by atoms with E-state index in [1.807, 2.05) is 24.3 Å². The fraction of sp³-hybridized carbons (Fsp3) is 0.407. The van der Waals surface area contributed by atoms with Crippen LogP contribution in [0.15, 0.2) is 115 Å². The molecule has 2 heterocycles. The Bertz CT molecular complexity index is 2540. The van der Waals surface area contributed by atoms with Gasteiger partial charge in [-0.05, 0) is 119 Å². The summed E-state index contributed by atoms with van der Waals surface area (Å²) in [4.78, 5) is 22.5. The van der Waals surface area contributed by atoms with E-state index in [9.17, 15) is 33.7 Å². The Labute approximate surface area is 494 Å². The van der Waals surface area contributed by atoms with Gasteiger partial charge in [0.15, 0.2) is 0 Å². The largest absolute Gasteiger partial charge is 0.462 e. The monoisotopic (exact) mass is 1120 g/mol.